The van der Waals surface area contributed by atoms with Crippen LogP contribution in [-0.4, -0.2) is 50.0 Å². The van der Waals surface area contributed by atoms with Crippen LogP contribution in [0.1, 0.15) is 24.0 Å². The smallest absolute Gasteiger partial charge is 0.317 e. The standard InChI is InChI=1S/C16H23FN2O4S/c1-11-6-14(17)7-12(2)16(11)24(22,23)19-5-3-4-13(10-19)8-18-9-15(20)21/h6-7,13,18H,3-5,8-10H2,1-2H3,(H,20,21). The number of nitrogens with zero attached hydrogens (tertiary/aromatic N) is 1. The van der Waals surface area contributed by atoms with Crippen molar-refractivity contribution in [3.8, 4) is 0 Å². The lowest BCUT2D eigenvalue weighted by molar-refractivity contribution is -0.136. The van der Waals surface area contributed by atoms with Gasteiger partial charge in [0.05, 0.1) is 11.4 Å². The average Bonchev–Trinajstić information content (AvgIpc) is 2.45. The average molecular weight is 358 g/mol. The van der Waals surface area contributed by atoms with E-state index in [0.717, 1.165) is 12.8 Å². The lowest BCUT2D eigenvalue weighted by atomic mass is 10.00. The molecule has 2 rings (SSSR count). The molecule has 24 heavy (non-hydrogen) atoms. The van der Waals surface area contributed by atoms with E-state index in [9.17, 15) is 17.6 Å². The van der Waals surface area contributed by atoms with Crippen LogP contribution in [-0.2, 0) is 14.8 Å². The normalized spacial score (nSPS) is 19.4. The van der Waals surface area contributed by atoms with Crippen LogP contribution in [0.3, 0.4) is 0 Å². The minimum Gasteiger partial charge on any atom is -0.480 e. The van der Waals surface area contributed by atoms with Crippen LogP contribution in [0.25, 0.3) is 0 Å². The molecule has 1 unspecified atom stereocenters. The van der Waals surface area contributed by atoms with E-state index in [2.05, 4.69) is 5.32 Å². The fraction of sp³-hybridized carbons (Fsp3) is 0.562. The van der Waals surface area contributed by atoms with Crippen LogP contribution in [0.5, 0.6) is 0 Å². The second kappa shape index (κ2) is 7.58. The Kier molecular flexibility index (Phi) is 5.95. The lowest BCUT2D eigenvalue weighted by Gasteiger charge is -2.32. The Bertz CT molecular complexity index is 698. The minimum absolute atomic E-state index is 0.0638. The van der Waals surface area contributed by atoms with E-state index >= 15 is 0 Å². The quantitative estimate of drug-likeness (QED) is 0.805. The van der Waals surface area contributed by atoms with Crippen molar-refractivity contribution < 1.29 is 22.7 Å². The molecule has 0 aliphatic carbocycles. The topological polar surface area (TPSA) is 86.7 Å². The van der Waals surface area contributed by atoms with Crippen molar-refractivity contribution in [1.29, 1.82) is 0 Å². The highest BCUT2D eigenvalue weighted by molar-refractivity contribution is 7.89. The third-order valence-electron chi connectivity index (χ3n) is 4.21. The van der Waals surface area contributed by atoms with Gasteiger partial charge < -0.3 is 10.4 Å². The Morgan fingerprint density at radius 3 is 2.58 bits per heavy atom. The zero-order chi connectivity index (χ0) is 17.9. The first kappa shape index (κ1) is 18.8. The molecular formula is C16H23FN2O4S. The fourth-order valence-corrected chi connectivity index (χ4v) is 5.19. The van der Waals surface area contributed by atoms with E-state index in [1.165, 1.54) is 16.4 Å². The molecule has 1 saturated heterocycles. The number of carbonyl (C=O) groups is 1. The van der Waals surface area contributed by atoms with Crippen LogP contribution < -0.4 is 5.32 Å². The van der Waals surface area contributed by atoms with Gasteiger partial charge in [0, 0.05) is 13.1 Å². The van der Waals surface area contributed by atoms with E-state index in [-0.39, 0.29) is 17.4 Å². The molecule has 1 heterocycles. The van der Waals surface area contributed by atoms with Crippen molar-refractivity contribution in [2.45, 2.75) is 31.6 Å². The minimum atomic E-state index is -3.69. The van der Waals surface area contributed by atoms with Gasteiger partial charge in [-0.05, 0) is 62.4 Å². The molecule has 0 spiro atoms. The van der Waals surface area contributed by atoms with Crippen molar-refractivity contribution in [2.75, 3.05) is 26.2 Å². The second-order valence-electron chi connectivity index (χ2n) is 6.26. The Labute approximate surface area is 141 Å². The van der Waals surface area contributed by atoms with E-state index < -0.39 is 21.8 Å². The summed E-state index contributed by atoms with van der Waals surface area (Å²) in [7, 11) is -3.69. The molecule has 2 N–H and O–H groups in total. The summed E-state index contributed by atoms with van der Waals surface area (Å²) in [5.41, 5.74) is 0.803. The zero-order valence-electron chi connectivity index (χ0n) is 13.9. The van der Waals surface area contributed by atoms with Crippen molar-refractivity contribution in [3.05, 3.63) is 29.1 Å². The predicted molar refractivity (Wildman–Crippen MR) is 87.9 cm³/mol. The number of piperidine rings is 1. The van der Waals surface area contributed by atoms with Crippen LogP contribution in [0, 0.1) is 25.6 Å². The largest absolute Gasteiger partial charge is 0.480 e. The highest BCUT2D eigenvalue weighted by Gasteiger charge is 2.32. The number of nitrogens with one attached hydrogen (secondary N) is 1. The number of carboxylic acids is 1. The monoisotopic (exact) mass is 358 g/mol. The summed E-state index contributed by atoms with van der Waals surface area (Å²) in [5.74, 6) is -1.32. The maximum Gasteiger partial charge on any atom is 0.317 e. The van der Waals surface area contributed by atoms with Crippen molar-refractivity contribution >= 4 is 16.0 Å². The molecule has 8 heteroatoms. The van der Waals surface area contributed by atoms with E-state index in [1.54, 1.807) is 13.8 Å². The van der Waals surface area contributed by atoms with Crippen LogP contribution in [0.2, 0.25) is 0 Å². The summed E-state index contributed by atoms with van der Waals surface area (Å²) in [4.78, 5) is 10.7. The maximum atomic E-state index is 13.4. The molecular weight excluding hydrogens is 335 g/mol. The lowest BCUT2D eigenvalue weighted by Crippen LogP contribution is -2.43. The number of hydrogen-bond donors (Lipinski definition) is 2. The molecule has 1 aliphatic rings. The van der Waals surface area contributed by atoms with Gasteiger partial charge in [-0.25, -0.2) is 12.8 Å². The number of carboxylic acid groups (broad SMARTS) is 1. The number of halogens is 1. The van der Waals surface area contributed by atoms with Crippen LogP contribution >= 0.6 is 0 Å². The number of sulfonamides is 1. The molecule has 6 nitrogen and oxygen atoms in total. The Hall–Kier alpha value is -1.51. The molecule has 0 bridgehead atoms. The third-order valence-corrected chi connectivity index (χ3v) is 6.39. The molecule has 1 aromatic carbocycles. The molecule has 0 radical (unpaired) electrons. The Morgan fingerprint density at radius 2 is 2.00 bits per heavy atom. The number of aliphatic carboxylic acids is 1. The maximum absolute atomic E-state index is 13.4. The summed E-state index contributed by atoms with van der Waals surface area (Å²) >= 11 is 0. The van der Waals surface area contributed by atoms with Gasteiger partial charge in [-0.2, -0.15) is 4.31 Å². The molecule has 0 aromatic heterocycles. The van der Waals surface area contributed by atoms with Gasteiger partial charge in [0.15, 0.2) is 0 Å². The van der Waals surface area contributed by atoms with Crippen molar-refractivity contribution in [3.63, 3.8) is 0 Å². The molecule has 0 amide bonds. The summed E-state index contributed by atoms with van der Waals surface area (Å²) in [6.45, 7) is 4.27. The van der Waals surface area contributed by atoms with Gasteiger partial charge >= 0.3 is 5.97 Å². The fourth-order valence-electron chi connectivity index (χ4n) is 3.23. The van der Waals surface area contributed by atoms with Gasteiger partial charge in [0.25, 0.3) is 0 Å². The van der Waals surface area contributed by atoms with Crippen LogP contribution in [0.4, 0.5) is 4.39 Å². The van der Waals surface area contributed by atoms with Crippen molar-refractivity contribution in [2.24, 2.45) is 5.92 Å². The van der Waals surface area contributed by atoms with E-state index in [0.29, 0.717) is 30.8 Å². The molecule has 1 aromatic rings. The number of aryl methyl sites for hydroxylation is 2. The van der Waals surface area contributed by atoms with Gasteiger partial charge in [-0.3, -0.25) is 4.79 Å². The second-order valence-corrected chi connectivity index (χ2v) is 8.14. The molecule has 1 atom stereocenters. The van der Waals surface area contributed by atoms with Crippen LogP contribution in [0.15, 0.2) is 17.0 Å². The highest BCUT2D eigenvalue weighted by Crippen LogP contribution is 2.28. The first-order valence-electron chi connectivity index (χ1n) is 7.91. The SMILES string of the molecule is Cc1cc(F)cc(C)c1S(=O)(=O)N1CCCC(CNCC(=O)O)C1. The summed E-state index contributed by atoms with van der Waals surface area (Å²) in [6.07, 6.45) is 1.57. The Morgan fingerprint density at radius 1 is 1.38 bits per heavy atom. The van der Waals surface area contributed by atoms with Gasteiger partial charge in [0.2, 0.25) is 10.0 Å². The molecule has 1 aliphatic heterocycles. The first-order valence-corrected chi connectivity index (χ1v) is 9.35. The molecule has 134 valence electrons. The Balaban J connectivity index is 2.16. The number of rotatable bonds is 6. The predicted octanol–water partition coefficient (Wildman–Crippen LogP) is 1.52. The number of hydrogen-bond acceptors (Lipinski definition) is 4. The van der Waals surface area contributed by atoms with Crippen molar-refractivity contribution in [1.82, 2.24) is 9.62 Å². The summed E-state index contributed by atoms with van der Waals surface area (Å²) < 4.78 is 40.8. The number of benzene rings is 1. The third kappa shape index (κ3) is 4.31. The van der Waals surface area contributed by atoms with Gasteiger partial charge in [0.1, 0.15) is 5.82 Å². The highest BCUT2D eigenvalue weighted by atomic mass is 32.2. The zero-order valence-corrected chi connectivity index (χ0v) is 14.7. The van der Waals surface area contributed by atoms with E-state index in [1.807, 2.05) is 0 Å². The van der Waals surface area contributed by atoms with E-state index in [4.69, 9.17) is 5.11 Å². The summed E-state index contributed by atoms with van der Waals surface area (Å²) in [6, 6.07) is 2.46. The first-order chi connectivity index (χ1) is 11.2. The van der Waals surface area contributed by atoms with Gasteiger partial charge in [-0.1, -0.05) is 0 Å². The molecule has 1 fully saturated rings. The molecule has 0 saturated carbocycles. The summed E-state index contributed by atoms with van der Waals surface area (Å²) in [5, 5.41) is 11.5. The van der Waals surface area contributed by atoms with Gasteiger partial charge in [-0.15, -0.1) is 0 Å².